The Kier molecular flexibility index (Phi) is 7.11. The number of hydrogen-bond donors (Lipinski definition) is 2. The fourth-order valence-corrected chi connectivity index (χ4v) is 5.04. The Morgan fingerprint density at radius 2 is 1.83 bits per heavy atom. The molecule has 3 heterocycles. The van der Waals surface area contributed by atoms with Gasteiger partial charge in [-0.05, 0) is 34.7 Å². The van der Waals surface area contributed by atoms with E-state index in [4.69, 9.17) is 4.74 Å². The molecule has 0 bridgehead atoms. The number of nitrogens with one attached hydrogen (secondary N) is 2. The van der Waals surface area contributed by atoms with Crippen molar-refractivity contribution in [3.8, 4) is 0 Å². The lowest BCUT2D eigenvalue weighted by Gasteiger charge is -2.29. The zero-order valence-corrected chi connectivity index (χ0v) is 20.1. The van der Waals surface area contributed by atoms with E-state index in [1.165, 1.54) is 10.5 Å². The maximum Gasteiger partial charge on any atom is 0.255 e. The number of hydrogen-bond acceptors (Lipinski definition) is 6. The Labute approximate surface area is 209 Å². The van der Waals surface area contributed by atoms with E-state index < -0.39 is 11.9 Å². The Morgan fingerprint density at radius 1 is 1.03 bits per heavy atom. The summed E-state index contributed by atoms with van der Waals surface area (Å²) in [5, 5.41) is 5.29. The molecular weight excluding hydrogens is 460 g/mol. The molecule has 188 valence electrons. The molecule has 1 atom stereocenters. The summed E-state index contributed by atoms with van der Waals surface area (Å²) in [5.41, 5.74) is 4.43. The molecule has 0 radical (unpaired) electrons. The van der Waals surface area contributed by atoms with Crippen LogP contribution in [-0.2, 0) is 45.2 Å². The highest BCUT2D eigenvalue weighted by atomic mass is 16.5. The molecule has 3 aliphatic heterocycles. The molecule has 2 aromatic rings. The van der Waals surface area contributed by atoms with E-state index in [-0.39, 0.29) is 24.1 Å². The summed E-state index contributed by atoms with van der Waals surface area (Å²) < 4.78 is 5.41. The molecule has 0 aliphatic carbocycles. The van der Waals surface area contributed by atoms with Crippen molar-refractivity contribution >= 4 is 23.6 Å². The van der Waals surface area contributed by atoms with Crippen LogP contribution in [0.1, 0.15) is 45.5 Å². The van der Waals surface area contributed by atoms with Gasteiger partial charge in [-0.1, -0.05) is 36.4 Å². The molecule has 3 aliphatic rings. The molecule has 4 amide bonds. The molecule has 0 saturated carbocycles. The Bertz CT molecular complexity index is 1190. The molecule has 2 aromatic carbocycles. The maximum atomic E-state index is 12.8. The van der Waals surface area contributed by atoms with Crippen molar-refractivity contribution in [1.29, 1.82) is 0 Å². The first-order valence-electron chi connectivity index (χ1n) is 12.4. The molecule has 0 spiro atoms. The van der Waals surface area contributed by atoms with Gasteiger partial charge < -0.3 is 15.0 Å². The Balaban J connectivity index is 1.15. The van der Waals surface area contributed by atoms with Gasteiger partial charge >= 0.3 is 0 Å². The first kappa shape index (κ1) is 24.1. The lowest BCUT2D eigenvalue weighted by atomic mass is 10.0. The number of piperidine rings is 1. The normalized spacial score (nSPS) is 20.3. The zero-order chi connectivity index (χ0) is 25.1. The number of imide groups is 1. The van der Waals surface area contributed by atoms with Gasteiger partial charge in [-0.25, -0.2) is 0 Å². The van der Waals surface area contributed by atoms with Crippen LogP contribution in [0.25, 0.3) is 0 Å². The standard InChI is InChI=1S/C27H30N4O5/c32-24-7-6-23(26(34)29-24)31-17-21-13-19(4-5-22(21)27(31)35)15-28-25(33)14-18-2-1-3-20(12-18)16-30-8-10-36-11-9-30/h1-5,12-13,23H,6-11,14-17H2,(H,28,33)(H,29,32,34). The van der Waals surface area contributed by atoms with Crippen molar-refractivity contribution in [2.45, 2.75) is 44.9 Å². The second-order valence-electron chi connectivity index (χ2n) is 9.55. The number of carbonyl (C=O) groups excluding carboxylic acids is 4. The molecule has 2 saturated heterocycles. The third-order valence-electron chi connectivity index (χ3n) is 6.94. The van der Waals surface area contributed by atoms with Crippen molar-refractivity contribution in [3.05, 3.63) is 70.3 Å². The highest BCUT2D eigenvalue weighted by Crippen LogP contribution is 2.28. The fraction of sp³-hybridized carbons (Fsp3) is 0.407. The van der Waals surface area contributed by atoms with Crippen molar-refractivity contribution in [2.24, 2.45) is 0 Å². The first-order valence-corrected chi connectivity index (χ1v) is 12.4. The number of ether oxygens (including phenoxy) is 1. The van der Waals surface area contributed by atoms with E-state index in [1.807, 2.05) is 24.3 Å². The summed E-state index contributed by atoms with van der Waals surface area (Å²) in [4.78, 5) is 53.0. The minimum absolute atomic E-state index is 0.0692. The van der Waals surface area contributed by atoms with Crippen LogP contribution in [0, 0.1) is 0 Å². The van der Waals surface area contributed by atoms with Crippen LogP contribution in [0.5, 0.6) is 0 Å². The van der Waals surface area contributed by atoms with Crippen LogP contribution >= 0.6 is 0 Å². The molecule has 2 N–H and O–H groups in total. The van der Waals surface area contributed by atoms with Crippen LogP contribution in [0.15, 0.2) is 42.5 Å². The van der Waals surface area contributed by atoms with E-state index >= 15 is 0 Å². The van der Waals surface area contributed by atoms with Gasteiger partial charge in [0.15, 0.2) is 0 Å². The van der Waals surface area contributed by atoms with Gasteiger partial charge in [0.2, 0.25) is 17.7 Å². The van der Waals surface area contributed by atoms with E-state index in [0.29, 0.717) is 31.5 Å². The molecular formula is C27H30N4O5. The van der Waals surface area contributed by atoms with Crippen molar-refractivity contribution in [2.75, 3.05) is 26.3 Å². The number of rotatable bonds is 7. The van der Waals surface area contributed by atoms with Gasteiger partial charge in [-0.15, -0.1) is 0 Å². The first-order chi connectivity index (χ1) is 17.5. The number of fused-ring (bicyclic) bond motifs is 1. The summed E-state index contributed by atoms with van der Waals surface area (Å²) in [7, 11) is 0. The van der Waals surface area contributed by atoms with Crippen LogP contribution in [-0.4, -0.2) is 65.8 Å². The second kappa shape index (κ2) is 10.6. The summed E-state index contributed by atoms with van der Waals surface area (Å²) >= 11 is 0. The van der Waals surface area contributed by atoms with E-state index in [9.17, 15) is 19.2 Å². The molecule has 1 unspecified atom stereocenters. The third kappa shape index (κ3) is 5.47. The largest absolute Gasteiger partial charge is 0.379 e. The summed E-state index contributed by atoms with van der Waals surface area (Å²) in [6.45, 7) is 4.87. The molecule has 9 nitrogen and oxygen atoms in total. The van der Waals surface area contributed by atoms with Crippen LogP contribution in [0.3, 0.4) is 0 Å². The average Bonchev–Trinajstić information content (AvgIpc) is 3.19. The minimum atomic E-state index is -0.634. The quantitative estimate of drug-likeness (QED) is 0.564. The lowest BCUT2D eigenvalue weighted by molar-refractivity contribution is -0.137. The number of carbonyl (C=O) groups is 4. The predicted octanol–water partition coefficient (Wildman–Crippen LogP) is 1.14. The highest BCUT2D eigenvalue weighted by molar-refractivity contribution is 6.05. The van der Waals surface area contributed by atoms with Crippen molar-refractivity contribution < 1.29 is 23.9 Å². The van der Waals surface area contributed by atoms with E-state index in [0.717, 1.165) is 49.5 Å². The predicted molar refractivity (Wildman–Crippen MR) is 131 cm³/mol. The maximum absolute atomic E-state index is 12.8. The summed E-state index contributed by atoms with van der Waals surface area (Å²) in [6.07, 6.45) is 0.856. The van der Waals surface area contributed by atoms with Crippen LogP contribution < -0.4 is 10.6 Å². The number of amides is 4. The SMILES string of the molecule is O=C(Cc1cccc(CN2CCOCC2)c1)NCc1ccc2c(c1)CN(C1CCC(=O)NC1=O)C2=O. The van der Waals surface area contributed by atoms with Gasteiger partial charge in [0.05, 0.1) is 19.6 Å². The van der Waals surface area contributed by atoms with Crippen molar-refractivity contribution in [3.63, 3.8) is 0 Å². The Morgan fingerprint density at radius 3 is 2.64 bits per heavy atom. The highest BCUT2D eigenvalue weighted by Gasteiger charge is 2.39. The van der Waals surface area contributed by atoms with Gasteiger partial charge in [-0.3, -0.25) is 29.4 Å². The van der Waals surface area contributed by atoms with Crippen molar-refractivity contribution in [1.82, 2.24) is 20.4 Å². The summed E-state index contributed by atoms with van der Waals surface area (Å²) in [6, 6.07) is 13.0. The minimum Gasteiger partial charge on any atom is -0.379 e. The van der Waals surface area contributed by atoms with E-state index in [2.05, 4.69) is 27.7 Å². The molecule has 36 heavy (non-hydrogen) atoms. The van der Waals surface area contributed by atoms with Crippen LogP contribution in [0.4, 0.5) is 0 Å². The van der Waals surface area contributed by atoms with Crippen LogP contribution in [0.2, 0.25) is 0 Å². The smallest absolute Gasteiger partial charge is 0.255 e. The third-order valence-corrected chi connectivity index (χ3v) is 6.94. The fourth-order valence-electron chi connectivity index (χ4n) is 5.04. The van der Waals surface area contributed by atoms with Gasteiger partial charge in [0.25, 0.3) is 5.91 Å². The molecule has 9 heteroatoms. The molecule has 5 rings (SSSR count). The topological polar surface area (TPSA) is 108 Å². The Hall–Kier alpha value is -3.56. The molecule has 2 fully saturated rings. The average molecular weight is 491 g/mol. The van der Waals surface area contributed by atoms with E-state index in [1.54, 1.807) is 6.07 Å². The van der Waals surface area contributed by atoms with Gasteiger partial charge in [0, 0.05) is 44.7 Å². The zero-order valence-electron chi connectivity index (χ0n) is 20.1. The molecule has 0 aromatic heterocycles. The van der Waals surface area contributed by atoms with Gasteiger partial charge in [-0.2, -0.15) is 0 Å². The monoisotopic (exact) mass is 490 g/mol. The lowest BCUT2D eigenvalue weighted by Crippen LogP contribution is -2.52. The van der Waals surface area contributed by atoms with Gasteiger partial charge in [0.1, 0.15) is 6.04 Å². The summed E-state index contributed by atoms with van der Waals surface area (Å²) in [5.74, 6) is -0.997. The number of benzene rings is 2. The number of morpholine rings is 1. The number of nitrogens with zero attached hydrogens (tertiary/aromatic N) is 2. The second-order valence-corrected chi connectivity index (χ2v) is 9.55.